The molecule has 0 unspecified atom stereocenters. The van der Waals surface area contributed by atoms with Gasteiger partial charge in [0.05, 0.1) is 0 Å². The fourth-order valence-corrected chi connectivity index (χ4v) is 14.4. The summed E-state index contributed by atoms with van der Waals surface area (Å²) in [5.41, 5.74) is 10.8. The molecule has 0 saturated heterocycles. The fourth-order valence-electron chi connectivity index (χ4n) is 5.90. The molecule has 0 aromatic heterocycles. The Balaban J connectivity index is 0.00000231. The zero-order chi connectivity index (χ0) is 28.2. The number of rotatable bonds is 5. The summed E-state index contributed by atoms with van der Waals surface area (Å²) in [6, 6.07) is 23.6. The molecule has 3 aromatic rings. The summed E-state index contributed by atoms with van der Waals surface area (Å²) < 4.78 is 6.29. The van der Waals surface area contributed by atoms with Crippen LogP contribution in [0.2, 0.25) is 19.6 Å². The van der Waals surface area contributed by atoms with Gasteiger partial charge in [-0.25, -0.2) is 0 Å². The van der Waals surface area contributed by atoms with Crippen LogP contribution in [-0.2, 0) is 44.9 Å². The Morgan fingerprint density at radius 1 is 0.780 bits per heavy atom. The molecule has 5 rings (SSSR count). The second-order valence-corrected chi connectivity index (χ2v) is 25.7. The molecule has 216 valence electrons. The molecular formula is C37H46Cl2SiZr. The van der Waals surface area contributed by atoms with Crippen molar-refractivity contribution in [1.82, 2.24) is 0 Å². The minimum Gasteiger partial charge on any atom is -1.00 e. The van der Waals surface area contributed by atoms with Crippen LogP contribution < -0.4 is 28.1 Å². The van der Waals surface area contributed by atoms with E-state index in [0.29, 0.717) is 0 Å². The van der Waals surface area contributed by atoms with Gasteiger partial charge in [-0.05, 0) is 0 Å². The Hall–Kier alpha value is -1.31. The van der Waals surface area contributed by atoms with E-state index in [2.05, 4.69) is 138 Å². The van der Waals surface area contributed by atoms with Crippen LogP contribution in [-0.4, -0.2) is 11.8 Å². The van der Waals surface area contributed by atoms with Crippen molar-refractivity contribution in [3.8, 4) is 11.1 Å². The number of allylic oxidation sites excluding steroid dienone is 4. The van der Waals surface area contributed by atoms with Crippen molar-refractivity contribution in [2.24, 2.45) is 0 Å². The topological polar surface area (TPSA) is 0 Å². The quantitative estimate of drug-likeness (QED) is 0.284. The van der Waals surface area contributed by atoms with Gasteiger partial charge in [-0.15, -0.1) is 0 Å². The van der Waals surface area contributed by atoms with E-state index >= 15 is 0 Å². The first kappa shape index (κ1) is 34.2. The molecule has 0 spiro atoms. The van der Waals surface area contributed by atoms with Gasteiger partial charge in [-0.2, -0.15) is 0 Å². The van der Waals surface area contributed by atoms with Gasteiger partial charge in [0.15, 0.2) is 0 Å². The standard InChI is InChI=1S/C21H25.C8H13Si.C8H8.2ClH.Zr/c1-20(2,3)16-9-7-14-11-15-8-10-17(21(4,5)6)13-19(15)18(14)12-16;1-9(2,3)8-6-4-5-7-8;1-2-8-6-4-3-5-7-8;;;/h7,9-10,12-13H,11H2,1-6H3;6-7H,4H2,1-3H3;1,3-7H,2H2;2*1H;/q;;;;;+2/p-2. The second kappa shape index (κ2) is 12.7. The Bertz CT molecular complexity index is 1510. The van der Waals surface area contributed by atoms with E-state index in [-0.39, 0.29) is 35.6 Å². The molecule has 4 heteroatoms. The Labute approximate surface area is 270 Å². The molecule has 0 nitrogen and oxygen atoms in total. The summed E-state index contributed by atoms with van der Waals surface area (Å²) in [5, 5.41) is 1.66. The first-order valence-electron chi connectivity index (χ1n) is 14.7. The van der Waals surface area contributed by atoms with Gasteiger partial charge in [0, 0.05) is 0 Å². The van der Waals surface area contributed by atoms with Gasteiger partial charge >= 0.3 is 248 Å². The molecule has 0 fully saturated rings. The van der Waals surface area contributed by atoms with E-state index in [1.54, 1.807) is 17.3 Å². The van der Waals surface area contributed by atoms with E-state index in [9.17, 15) is 0 Å². The van der Waals surface area contributed by atoms with Crippen LogP contribution in [0, 0.1) is 0 Å². The average Bonchev–Trinajstić information content (AvgIpc) is 3.49. The maximum atomic E-state index is 2.80. The molecule has 0 bridgehead atoms. The van der Waals surface area contributed by atoms with Gasteiger partial charge < -0.3 is 24.8 Å². The molecule has 0 saturated carbocycles. The number of halogens is 2. The van der Waals surface area contributed by atoms with Crippen molar-refractivity contribution >= 4 is 15.1 Å². The molecule has 0 aliphatic heterocycles. The maximum Gasteiger partial charge on any atom is -1.00 e. The van der Waals surface area contributed by atoms with Gasteiger partial charge in [0.25, 0.3) is 0 Å². The van der Waals surface area contributed by atoms with Crippen LogP contribution in [0.5, 0.6) is 0 Å². The van der Waals surface area contributed by atoms with Crippen LogP contribution in [0.25, 0.3) is 11.1 Å². The Morgan fingerprint density at radius 3 is 2.00 bits per heavy atom. The third-order valence-electron chi connectivity index (χ3n) is 8.51. The van der Waals surface area contributed by atoms with Gasteiger partial charge in [0.2, 0.25) is 0 Å². The van der Waals surface area contributed by atoms with Crippen molar-refractivity contribution in [3.63, 3.8) is 0 Å². The largest absolute Gasteiger partial charge is 1.00 e. The number of hydrogen-bond acceptors (Lipinski definition) is 0. The number of hydrogen-bond donors (Lipinski definition) is 0. The zero-order valence-electron chi connectivity index (χ0n) is 26.4. The van der Waals surface area contributed by atoms with E-state index in [1.165, 1.54) is 33.4 Å². The molecule has 3 aromatic carbocycles. The molecule has 0 heterocycles. The molecular weight excluding hydrogens is 635 g/mol. The zero-order valence-corrected chi connectivity index (χ0v) is 31.4. The summed E-state index contributed by atoms with van der Waals surface area (Å²) in [5.74, 6) is 0. The Kier molecular flexibility index (Phi) is 10.6. The first-order valence-corrected chi connectivity index (χ1v) is 22.1. The predicted molar refractivity (Wildman–Crippen MR) is 172 cm³/mol. The van der Waals surface area contributed by atoms with Crippen LogP contribution in [0.1, 0.15) is 75.8 Å². The van der Waals surface area contributed by atoms with Crippen molar-refractivity contribution in [1.29, 1.82) is 0 Å². The Morgan fingerprint density at radius 2 is 1.41 bits per heavy atom. The molecule has 41 heavy (non-hydrogen) atoms. The van der Waals surface area contributed by atoms with Gasteiger partial charge in [0.1, 0.15) is 0 Å². The third-order valence-corrected chi connectivity index (χ3v) is 17.2. The SMILES string of the molecule is CC(C)(C)c1ccc2c(c1)-c1cc(C(C)(C)C)c[c]([Zr+2](=[CH]Cc3ccccc3)[C]3=CC([Si](C)(C)C)=CC3)c1C2.[Cl-].[Cl-]. The van der Waals surface area contributed by atoms with E-state index in [4.69, 9.17) is 0 Å². The minimum atomic E-state index is -2.32. The van der Waals surface area contributed by atoms with Crippen LogP contribution in [0.3, 0.4) is 0 Å². The van der Waals surface area contributed by atoms with Crippen molar-refractivity contribution < 1.29 is 46.1 Å². The molecule has 0 N–H and O–H groups in total. The van der Waals surface area contributed by atoms with E-state index in [1.807, 2.05) is 0 Å². The molecule has 2 aliphatic carbocycles. The van der Waals surface area contributed by atoms with Crippen LogP contribution in [0.4, 0.5) is 0 Å². The smallest absolute Gasteiger partial charge is 1.00 e. The molecule has 0 amide bonds. The second-order valence-electron chi connectivity index (χ2n) is 14.7. The summed E-state index contributed by atoms with van der Waals surface area (Å²) in [4.78, 5) is 0. The van der Waals surface area contributed by atoms with E-state index in [0.717, 1.165) is 19.3 Å². The minimum absolute atomic E-state index is 0. The average molecular weight is 681 g/mol. The van der Waals surface area contributed by atoms with Crippen LogP contribution in [0.15, 0.2) is 81.3 Å². The number of benzene rings is 3. The summed E-state index contributed by atoms with van der Waals surface area (Å²) in [7, 11) is -1.33. The van der Waals surface area contributed by atoms with Crippen LogP contribution >= 0.6 is 0 Å². The summed E-state index contributed by atoms with van der Waals surface area (Å²) in [6.45, 7) is 21.6. The van der Waals surface area contributed by atoms with Gasteiger partial charge in [-0.3, -0.25) is 0 Å². The normalized spacial score (nSPS) is 14.5. The first-order chi connectivity index (χ1) is 18.2. The third kappa shape index (κ3) is 7.44. The summed E-state index contributed by atoms with van der Waals surface area (Å²) >= 11 is -2.32. The predicted octanol–water partition coefficient (Wildman–Crippen LogP) is 3.24. The van der Waals surface area contributed by atoms with E-state index < -0.39 is 29.3 Å². The van der Waals surface area contributed by atoms with Gasteiger partial charge in [-0.1, -0.05) is 0 Å². The molecule has 2 aliphatic rings. The monoisotopic (exact) mass is 678 g/mol. The maximum absolute atomic E-state index is 2.80. The molecule has 0 atom stereocenters. The van der Waals surface area contributed by atoms with Crippen molar-refractivity contribution in [2.45, 2.75) is 91.3 Å². The fraction of sp³-hybridized carbons (Fsp3) is 0.378. The molecule has 0 radical (unpaired) electrons. The summed E-state index contributed by atoms with van der Waals surface area (Å²) in [6.07, 6.45) is 8.56. The number of fused-ring (bicyclic) bond motifs is 3. The van der Waals surface area contributed by atoms with Crippen molar-refractivity contribution in [2.75, 3.05) is 0 Å². The van der Waals surface area contributed by atoms with Crippen molar-refractivity contribution in [3.05, 3.63) is 109 Å².